The van der Waals surface area contributed by atoms with E-state index in [1.807, 2.05) is 10.8 Å². The SMILES string of the molecule is CC(C)c1ccc(-n2ccnc2SCC(=O)Nc2ccc3c(c2)OCO3)cc1. The van der Waals surface area contributed by atoms with E-state index in [4.69, 9.17) is 9.47 Å². The molecule has 0 aliphatic carbocycles. The Labute approximate surface area is 167 Å². The van der Waals surface area contributed by atoms with Crippen molar-refractivity contribution in [1.29, 1.82) is 0 Å². The lowest BCUT2D eigenvalue weighted by molar-refractivity contribution is -0.113. The van der Waals surface area contributed by atoms with Crippen molar-refractivity contribution in [2.45, 2.75) is 24.9 Å². The van der Waals surface area contributed by atoms with Gasteiger partial charge in [0.25, 0.3) is 0 Å². The molecule has 1 amide bonds. The summed E-state index contributed by atoms with van der Waals surface area (Å²) in [5.74, 6) is 1.98. The van der Waals surface area contributed by atoms with Crippen molar-refractivity contribution in [3.05, 3.63) is 60.4 Å². The molecule has 1 aliphatic rings. The van der Waals surface area contributed by atoms with Gasteiger partial charge >= 0.3 is 0 Å². The molecule has 6 nitrogen and oxygen atoms in total. The third-order valence-electron chi connectivity index (χ3n) is 4.43. The fraction of sp³-hybridized carbons (Fsp3) is 0.238. The van der Waals surface area contributed by atoms with Crippen molar-refractivity contribution in [3.8, 4) is 17.2 Å². The van der Waals surface area contributed by atoms with Gasteiger partial charge in [0, 0.05) is 29.8 Å². The van der Waals surface area contributed by atoms with Crippen molar-refractivity contribution >= 4 is 23.4 Å². The normalized spacial score (nSPS) is 12.4. The van der Waals surface area contributed by atoms with Crippen LogP contribution >= 0.6 is 11.8 Å². The Kier molecular flexibility index (Phi) is 5.25. The summed E-state index contributed by atoms with van der Waals surface area (Å²) in [5.41, 5.74) is 3.00. The van der Waals surface area contributed by atoms with Crippen LogP contribution in [0.4, 0.5) is 5.69 Å². The summed E-state index contributed by atoms with van der Waals surface area (Å²) in [7, 11) is 0. The number of anilines is 1. The van der Waals surface area contributed by atoms with Gasteiger partial charge in [-0.2, -0.15) is 0 Å². The molecule has 144 valence electrons. The first kappa shape index (κ1) is 18.4. The molecule has 0 radical (unpaired) electrons. The Bertz CT molecular complexity index is 983. The van der Waals surface area contributed by atoms with Gasteiger partial charge < -0.3 is 14.8 Å². The fourth-order valence-corrected chi connectivity index (χ4v) is 3.69. The number of imidazole rings is 1. The second kappa shape index (κ2) is 7.98. The first-order valence-electron chi connectivity index (χ1n) is 9.06. The summed E-state index contributed by atoms with van der Waals surface area (Å²) < 4.78 is 12.6. The number of nitrogens with zero attached hydrogens (tertiary/aromatic N) is 2. The maximum Gasteiger partial charge on any atom is 0.234 e. The molecule has 1 N–H and O–H groups in total. The van der Waals surface area contributed by atoms with Crippen LogP contribution in [0.2, 0.25) is 0 Å². The summed E-state index contributed by atoms with van der Waals surface area (Å²) in [6.45, 7) is 4.56. The van der Waals surface area contributed by atoms with Crippen LogP contribution in [0, 0.1) is 0 Å². The molecular weight excluding hydrogens is 374 g/mol. The van der Waals surface area contributed by atoms with Crippen molar-refractivity contribution in [1.82, 2.24) is 9.55 Å². The molecule has 0 saturated carbocycles. The molecule has 7 heteroatoms. The molecule has 1 aromatic heterocycles. The molecule has 1 aliphatic heterocycles. The van der Waals surface area contributed by atoms with E-state index in [2.05, 4.69) is 48.4 Å². The summed E-state index contributed by atoms with van der Waals surface area (Å²) in [6.07, 6.45) is 3.65. The zero-order valence-electron chi connectivity index (χ0n) is 15.7. The number of amides is 1. The maximum absolute atomic E-state index is 12.3. The number of hydrogen-bond donors (Lipinski definition) is 1. The maximum atomic E-state index is 12.3. The van der Waals surface area contributed by atoms with Crippen molar-refractivity contribution in [2.24, 2.45) is 0 Å². The summed E-state index contributed by atoms with van der Waals surface area (Å²) in [4.78, 5) is 16.7. The molecule has 0 spiro atoms. The third kappa shape index (κ3) is 3.99. The highest BCUT2D eigenvalue weighted by atomic mass is 32.2. The van der Waals surface area contributed by atoms with E-state index in [1.165, 1.54) is 17.3 Å². The molecule has 2 heterocycles. The number of carbonyl (C=O) groups is 1. The molecule has 0 bridgehead atoms. The minimum Gasteiger partial charge on any atom is -0.454 e. The van der Waals surface area contributed by atoms with Crippen LogP contribution in [0.15, 0.2) is 60.0 Å². The predicted molar refractivity (Wildman–Crippen MR) is 110 cm³/mol. The smallest absolute Gasteiger partial charge is 0.234 e. The van der Waals surface area contributed by atoms with Crippen LogP contribution in [0.1, 0.15) is 25.3 Å². The third-order valence-corrected chi connectivity index (χ3v) is 5.40. The van der Waals surface area contributed by atoms with E-state index in [0.717, 1.165) is 10.8 Å². The molecular formula is C21H21N3O3S. The van der Waals surface area contributed by atoms with Gasteiger partial charge in [0.15, 0.2) is 16.7 Å². The zero-order valence-corrected chi connectivity index (χ0v) is 16.5. The standard InChI is InChI=1S/C21H21N3O3S/c1-14(2)15-3-6-17(7-4-15)24-10-9-22-21(24)28-12-20(25)23-16-5-8-18-19(11-16)27-13-26-18/h3-11,14H,12-13H2,1-2H3,(H,23,25). The molecule has 0 fully saturated rings. The van der Waals surface area contributed by atoms with Gasteiger partial charge in [0.05, 0.1) is 5.75 Å². The van der Waals surface area contributed by atoms with Crippen LogP contribution in [0.5, 0.6) is 11.5 Å². The highest BCUT2D eigenvalue weighted by Gasteiger charge is 2.15. The molecule has 3 aromatic rings. The number of fused-ring (bicyclic) bond motifs is 1. The average molecular weight is 395 g/mol. The summed E-state index contributed by atoms with van der Waals surface area (Å²) in [6, 6.07) is 13.8. The Hall–Kier alpha value is -2.93. The fourth-order valence-electron chi connectivity index (χ4n) is 2.91. The van der Waals surface area contributed by atoms with Crippen molar-refractivity contribution in [2.75, 3.05) is 17.9 Å². The summed E-state index contributed by atoms with van der Waals surface area (Å²) in [5, 5.41) is 3.66. The number of aromatic nitrogens is 2. The molecule has 28 heavy (non-hydrogen) atoms. The minimum atomic E-state index is -0.103. The highest BCUT2D eigenvalue weighted by molar-refractivity contribution is 7.99. The molecule has 0 atom stereocenters. The largest absolute Gasteiger partial charge is 0.454 e. The molecule has 0 saturated heterocycles. The number of thioether (sulfide) groups is 1. The molecule has 4 rings (SSSR count). The second-order valence-corrected chi connectivity index (χ2v) is 7.67. The number of nitrogens with one attached hydrogen (secondary N) is 1. The number of carbonyl (C=O) groups excluding carboxylic acids is 1. The second-order valence-electron chi connectivity index (χ2n) is 6.73. The Morgan fingerprint density at radius 3 is 2.75 bits per heavy atom. The van der Waals surface area contributed by atoms with Crippen LogP contribution in [-0.4, -0.2) is 28.0 Å². The molecule has 0 unspecified atom stereocenters. The lowest BCUT2D eigenvalue weighted by Gasteiger charge is -2.10. The monoisotopic (exact) mass is 395 g/mol. The van der Waals surface area contributed by atoms with Gasteiger partial charge in [-0.1, -0.05) is 37.7 Å². The first-order chi connectivity index (χ1) is 13.6. The van der Waals surface area contributed by atoms with Gasteiger partial charge in [-0.25, -0.2) is 4.98 Å². The van der Waals surface area contributed by atoms with Crippen LogP contribution in [0.3, 0.4) is 0 Å². The van der Waals surface area contributed by atoms with E-state index in [0.29, 0.717) is 23.1 Å². The number of benzene rings is 2. The Morgan fingerprint density at radius 1 is 1.18 bits per heavy atom. The van der Waals surface area contributed by atoms with E-state index in [-0.39, 0.29) is 18.5 Å². The average Bonchev–Trinajstić information content (AvgIpc) is 3.35. The lowest BCUT2D eigenvalue weighted by atomic mass is 10.0. The summed E-state index contributed by atoms with van der Waals surface area (Å²) >= 11 is 1.40. The topological polar surface area (TPSA) is 65.4 Å². The number of hydrogen-bond acceptors (Lipinski definition) is 5. The van der Waals surface area contributed by atoms with Gasteiger partial charge in [-0.05, 0) is 35.7 Å². The van der Waals surface area contributed by atoms with E-state index in [9.17, 15) is 4.79 Å². The Morgan fingerprint density at radius 2 is 1.96 bits per heavy atom. The molecule has 2 aromatic carbocycles. The van der Waals surface area contributed by atoms with Crippen LogP contribution < -0.4 is 14.8 Å². The van der Waals surface area contributed by atoms with E-state index < -0.39 is 0 Å². The Balaban J connectivity index is 1.39. The lowest BCUT2D eigenvalue weighted by Crippen LogP contribution is -2.14. The van der Waals surface area contributed by atoms with Crippen molar-refractivity contribution < 1.29 is 14.3 Å². The van der Waals surface area contributed by atoms with E-state index in [1.54, 1.807) is 24.4 Å². The van der Waals surface area contributed by atoms with Gasteiger partial charge in [-0.15, -0.1) is 0 Å². The van der Waals surface area contributed by atoms with Crippen LogP contribution in [0.25, 0.3) is 5.69 Å². The minimum absolute atomic E-state index is 0.103. The number of ether oxygens (including phenoxy) is 2. The number of rotatable bonds is 6. The predicted octanol–water partition coefficient (Wildman–Crippen LogP) is 4.46. The van der Waals surface area contributed by atoms with Gasteiger partial charge in [0.2, 0.25) is 12.7 Å². The highest BCUT2D eigenvalue weighted by Crippen LogP contribution is 2.34. The van der Waals surface area contributed by atoms with E-state index >= 15 is 0 Å². The van der Waals surface area contributed by atoms with Crippen LogP contribution in [-0.2, 0) is 4.79 Å². The van der Waals surface area contributed by atoms with Gasteiger partial charge in [0.1, 0.15) is 0 Å². The van der Waals surface area contributed by atoms with Crippen molar-refractivity contribution in [3.63, 3.8) is 0 Å². The van der Waals surface area contributed by atoms with Gasteiger partial charge in [-0.3, -0.25) is 9.36 Å². The first-order valence-corrected chi connectivity index (χ1v) is 10.0. The zero-order chi connectivity index (χ0) is 19.5. The quantitative estimate of drug-likeness (QED) is 0.625.